The SMILES string of the molecule is CNc1nc2oc(-c3cccc(CNC(=O)C4CCCCCC4)c3)nc2c2c1ncn2C. The lowest BCUT2D eigenvalue weighted by molar-refractivity contribution is -0.125. The van der Waals surface area contributed by atoms with Gasteiger partial charge in [0, 0.05) is 32.1 Å². The van der Waals surface area contributed by atoms with Crippen molar-refractivity contribution < 1.29 is 9.21 Å². The van der Waals surface area contributed by atoms with Crippen molar-refractivity contribution in [3.63, 3.8) is 0 Å². The maximum atomic E-state index is 12.6. The molecule has 0 atom stereocenters. The average molecular weight is 433 g/mol. The molecule has 2 N–H and O–H groups in total. The van der Waals surface area contributed by atoms with E-state index in [-0.39, 0.29) is 11.8 Å². The summed E-state index contributed by atoms with van der Waals surface area (Å²) in [6.45, 7) is 0.498. The van der Waals surface area contributed by atoms with E-state index in [0.29, 0.717) is 29.5 Å². The zero-order chi connectivity index (χ0) is 22.1. The number of anilines is 1. The molecule has 1 fully saturated rings. The number of aromatic nitrogens is 4. The van der Waals surface area contributed by atoms with Crippen molar-refractivity contribution in [1.82, 2.24) is 24.8 Å². The van der Waals surface area contributed by atoms with E-state index in [0.717, 1.165) is 47.8 Å². The van der Waals surface area contributed by atoms with Crippen LogP contribution in [0.25, 0.3) is 33.7 Å². The Morgan fingerprint density at radius 2 is 1.97 bits per heavy atom. The smallest absolute Gasteiger partial charge is 0.251 e. The molecule has 1 amide bonds. The van der Waals surface area contributed by atoms with Crippen LogP contribution in [-0.4, -0.2) is 32.5 Å². The van der Waals surface area contributed by atoms with Gasteiger partial charge in [-0.2, -0.15) is 4.98 Å². The van der Waals surface area contributed by atoms with Gasteiger partial charge >= 0.3 is 0 Å². The zero-order valence-corrected chi connectivity index (χ0v) is 18.5. The number of imidazole rings is 1. The molecule has 1 aliphatic rings. The predicted octanol–water partition coefficient (Wildman–Crippen LogP) is 4.40. The number of benzene rings is 1. The lowest BCUT2D eigenvalue weighted by Gasteiger charge is -2.14. The Balaban J connectivity index is 1.40. The minimum atomic E-state index is 0.145. The van der Waals surface area contributed by atoms with Gasteiger partial charge in [0.05, 0.1) is 6.33 Å². The van der Waals surface area contributed by atoms with Crippen LogP contribution in [0.3, 0.4) is 0 Å². The fourth-order valence-corrected chi connectivity index (χ4v) is 4.57. The quantitative estimate of drug-likeness (QED) is 0.454. The summed E-state index contributed by atoms with van der Waals surface area (Å²) in [6, 6.07) is 7.94. The van der Waals surface area contributed by atoms with Crippen LogP contribution in [0.2, 0.25) is 0 Å². The number of fused-ring (bicyclic) bond motifs is 3. The average Bonchev–Trinajstić information content (AvgIpc) is 3.30. The van der Waals surface area contributed by atoms with E-state index in [9.17, 15) is 4.79 Å². The number of aryl methyl sites for hydroxylation is 1. The summed E-state index contributed by atoms with van der Waals surface area (Å²) in [6.07, 6.45) is 8.53. The molecule has 0 unspecified atom stereocenters. The number of hydrogen-bond acceptors (Lipinski definition) is 6. The summed E-state index contributed by atoms with van der Waals surface area (Å²) in [5.74, 6) is 1.47. The first-order valence-corrected chi connectivity index (χ1v) is 11.3. The highest BCUT2D eigenvalue weighted by atomic mass is 16.4. The predicted molar refractivity (Wildman–Crippen MR) is 124 cm³/mol. The number of carbonyl (C=O) groups excluding carboxylic acids is 1. The Morgan fingerprint density at radius 1 is 1.16 bits per heavy atom. The Bertz CT molecular complexity index is 1270. The van der Waals surface area contributed by atoms with Crippen molar-refractivity contribution in [3.05, 3.63) is 36.2 Å². The van der Waals surface area contributed by atoms with Gasteiger partial charge in [0.25, 0.3) is 5.71 Å². The van der Waals surface area contributed by atoms with E-state index < -0.39 is 0 Å². The van der Waals surface area contributed by atoms with E-state index in [2.05, 4.69) is 20.6 Å². The van der Waals surface area contributed by atoms with E-state index in [1.807, 2.05) is 42.9 Å². The third-order valence-corrected chi connectivity index (χ3v) is 6.31. The highest BCUT2D eigenvalue weighted by Crippen LogP contribution is 2.31. The largest absolute Gasteiger partial charge is 0.418 e. The van der Waals surface area contributed by atoms with Crippen LogP contribution >= 0.6 is 0 Å². The van der Waals surface area contributed by atoms with Crippen molar-refractivity contribution in [1.29, 1.82) is 0 Å². The highest BCUT2D eigenvalue weighted by Gasteiger charge is 2.20. The van der Waals surface area contributed by atoms with Gasteiger partial charge in [-0.15, -0.1) is 0 Å². The second-order valence-electron chi connectivity index (χ2n) is 8.54. The molecule has 1 saturated carbocycles. The van der Waals surface area contributed by atoms with E-state index in [4.69, 9.17) is 9.40 Å². The molecule has 8 heteroatoms. The first kappa shape index (κ1) is 20.5. The molecule has 3 aromatic heterocycles. The Hall–Kier alpha value is -3.42. The molecule has 3 heterocycles. The van der Waals surface area contributed by atoms with Crippen molar-refractivity contribution >= 4 is 34.0 Å². The number of nitrogens with one attached hydrogen (secondary N) is 2. The summed E-state index contributed by atoms with van der Waals surface area (Å²) < 4.78 is 7.95. The monoisotopic (exact) mass is 432 g/mol. The second kappa shape index (κ2) is 8.61. The molecule has 8 nitrogen and oxygen atoms in total. The summed E-state index contributed by atoms with van der Waals surface area (Å²) >= 11 is 0. The number of oxazole rings is 1. The van der Waals surface area contributed by atoms with Crippen LogP contribution in [0.15, 0.2) is 35.0 Å². The molecule has 0 spiro atoms. The Kier molecular flexibility index (Phi) is 5.51. The summed E-state index contributed by atoms with van der Waals surface area (Å²) in [5, 5.41) is 6.20. The summed E-state index contributed by atoms with van der Waals surface area (Å²) in [7, 11) is 3.74. The molecule has 4 aromatic rings. The number of rotatable bonds is 5. The molecule has 0 saturated heterocycles. The van der Waals surface area contributed by atoms with Crippen molar-refractivity contribution in [2.75, 3.05) is 12.4 Å². The molecular weight excluding hydrogens is 404 g/mol. The zero-order valence-electron chi connectivity index (χ0n) is 18.5. The van der Waals surface area contributed by atoms with Gasteiger partial charge in [0.15, 0.2) is 11.3 Å². The van der Waals surface area contributed by atoms with Crippen molar-refractivity contribution in [2.45, 2.75) is 45.1 Å². The van der Waals surface area contributed by atoms with Crippen LogP contribution in [0, 0.1) is 5.92 Å². The minimum Gasteiger partial charge on any atom is -0.418 e. The minimum absolute atomic E-state index is 0.145. The van der Waals surface area contributed by atoms with Crippen molar-refractivity contribution in [3.8, 4) is 11.5 Å². The van der Waals surface area contributed by atoms with Gasteiger partial charge in [-0.25, -0.2) is 9.97 Å². The maximum Gasteiger partial charge on any atom is 0.251 e. The van der Waals surface area contributed by atoms with Crippen molar-refractivity contribution in [2.24, 2.45) is 13.0 Å². The molecule has 0 bridgehead atoms. The molecule has 1 aliphatic carbocycles. The fourth-order valence-electron chi connectivity index (χ4n) is 4.57. The van der Waals surface area contributed by atoms with Crippen LogP contribution in [0.1, 0.15) is 44.1 Å². The standard InChI is InChI=1S/C24H28N6O2/c1-25-21-18-20(30(2)14-27-18)19-24(29-21)32-23(28-19)17-11-7-8-15(12-17)13-26-22(31)16-9-5-3-4-6-10-16/h7-8,11-12,14,16H,3-6,9-10,13H2,1-2H3,(H,25,29)(H,26,31). The second-order valence-corrected chi connectivity index (χ2v) is 8.54. The fraction of sp³-hybridized carbons (Fsp3) is 0.417. The number of pyridine rings is 1. The van der Waals surface area contributed by atoms with Gasteiger partial charge in [0.1, 0.15) is 11.0 Å². The molecular formula is C24H28N6O2. The van der Waals surface area contributed by atoms with Gasteiger partial charge in [-0.1, -0.05) is 37.8 Å². The first-order valence-electron chi connectivity index (χ1n) is 11.3. The third kappa shape index (κ3) is 3.81. The lowest BCUT2D eigenvalue weighted by Crippen LogP contribution is -2.30. The normalized spacial score (nSPS) is 15.2. The molecule has 0 aliphatic heterocycles. The number of amides is 1. The third-order valence-electron chi connectivity index (χ3n) is 6.31. The van der Waals surface area contributed by atoms with Crippen LogP contribution in [0.5, 0.6) is 0 Å². The Labute approximate surface area is 186 Å². The van der Waals surface area contributed by atoms with E-state index >= 15 is 0 Å². The maximum absolute atomic E-state index is 12.6. The van der Waals surface area contributed by atoms with Gasteiger partial charge in [-0.3, -0.25) is 4.79 Å². The van der Waals surface area contributed by atoms with E-state index in [1.165, 1.54) is 12.8 Å². The summed E-state index contributed by atoms with van der Waals surface area (Å²) in [5.41, 5.74) is 4.65. The van der Waals surface area contributed by atoms with Crippen LogP contribution in [-0.2, 0) is 18.4 Å². The number of carbonyl (C=O) groups is 1. The van der Waals surface area contributed by atoms with E-state index in [1.54, 1.807) is 6.33 Å². The van der Waals surface area contributed by atoms with Crippen LogP contribution in [0.4, 0.5) is 5.82 Å². The van der Waals surface area contributed by atoms with Gasteiger partial charge in [-0.05, 0) is 30.5 Å². The summed E-state index contributed by atoms with van der Waals surface area (Å²) in [4.78, 5) is 26.3. The Morgan fingerprint density at radius 3 is 2.75 bits per heavy atom. The van der Waals surface area contributed by atoms with Gasteiger partial charge in [0.2, 0.25) is 11.8 Å². The molecule has 166 valence electrons. The number of hydrogen-bond donors (Lipinski definition) is 2. The molecule has 32 heavy (non-hydrogen) atoms. The molecule has 1 aromatic carbocycles. The number of nitrogens with zero attached hydrogens (tertiary/aromatic N) is 4. The topological polar surface area (TPSA) is 97.9 Å². The van der Waals surface area contributed by atoms with Crippen LogP contribution < -0.4 is 10.6 Å². The molecule has 5 rings (SSSR count). The molecule has 0 radical (unpaired) electrons. The lowest BCUT2D eigenvalue weighted by atomic mass is 9.99. The van der Waals surface area contributed by atoms with Gasteiger partial charge < -0.3 is 19.6 Å². The first-order chi connectivity index (χ1) is 15.6. The highest BCUT2D eigenvalue weighted by molar-refractivity contribution is 6.03.